The number of nitrogens with one attached hydrogen (secondary N) is 1. The molecule has 1 aliphatic rings. The third kappa shape index (κ3) is 2.89. The van der Waals surface area contributed by atoms with Crippen LogP contribution in [0.1, 0.15) is 10.4 Å². The molecular weight excluding hydrogens is 232 g/mol. The number of carbonyl (C=O) groups excluding carboxylic acids is 1. The van der Waals surface area contributed by atoms with Crippen LogP contribution in [0.25, 0.3) is 0 Å². The van der Waals surface area contributed by atoms with E-state index in [1.54, 1.807) is 11.8 Å². The predicted octanol–water partition coefficient (Wildman–Crippen LogP) is 1.49. The molecule has 0 saturated carbocycles. The maximum Gasteiger partial charge on any atom is 0.181 e. The normalized spacial score (nSPS) is 21.4. The Morgan fingerprint density at radius 2 is 2.12 bits per heavy atom. The molecule has 1 heterocycles. The molecule has 0 aliphatic carbocycles. The number of thioether (sulfide) groups is 1. The average Bonchev–Trinajstić information content (AvgIpc) is 2.39. The van der Waals surface area contributed by atoms with Crippen LogP contribution in [0.4, 0.5) is 0 Å². The number of piperazine rings is 1. The Morgan fingerprint density at radius 3 is 2.71 bits per heavy atom. The molecule has 4 heteroatoms. The number of rotatable bonds is 3. The first-order valence-electron chi connectivity index (χ1n) is 5.81. The van der Waals surface area contributed by atoms with Gasteiger partial charge in [-0.2, -0.15) is 0 Å². The summed E-state index contributed by atoms with van der Waals surface area (Å²) >= 11 is 1.69. The van der Waals surface area contributed by atoms with Crippen molar-refractivity contribution >= 4 is 17.5 Å². The average molecular weight is 250 g/mol. The minimum atomic E-state index is -0.0242. The second-order valence-corrected chi connectivity index (χ2v) is 5.17. The molecule has 1 aromatic carbocycles. The van der Waals surface area contributed by atoms with E-state index in [4.69, 9.17) is 0 Å². The van der Waals surface area contributed by atoms with Gasteiger partial charge in [-0.1, -0.05) is 12.1 Å². The third-order valence-electron chi connectivity index (χ3n) is 3.19. The molecule has 1 fully saturated rings. The Hall–Kier alpha value is -0.840. The molecule has 1 N–H and O–H groups in total. The van der Waals surface area contributed by atoms with E-state index < -0.39 is 0 Å². The summed E-state index contributed by atoms with van der Waals surface area (Å²) in [5.74, 6) is 0.215. The molecule has 2 rings (SSSR count). The van der Waals surface area contributed by atoms with E-state index in [9.17, 15) is 4.79 Å². The van der Waals surface area contributed by atoms with E-state index in [2.05, 4.69) is 10.2 Å². The van der Waals surface area contributed by atoms with Crippen molar-refractivity contribution in [1.82, 2.24) is 10.2 Å². The minimum absolute atomic E-state index is 0.0242. The smallest absolute Gasteiger partial charge is 0.181 e. The van der Waals surface area contributed by atoms with Crippen LogP contribution in [0.15, 0.2) is 29.2 Å². The van der Waals surface area contributed by atoms with Gasteiger partial charge in [-0.25, -0.2) is 0 Å². The molecule has 0 bridgehead atoms. The van der Waals surface area contributed by atoms with Crippen LogP contribution in [-0.4, -0.2) is 49.7 Å². The maximum atomic E-state index is 12.3. The standard InChI is InChI=1S/C13H18N2OS/c1-15-8-7-14-9-12(15)13(16)10-3-5-11(17-2)6-4-10/h3-6,12,14H,7-9H2,1-2H3. The van der Waals surface area contributed by atoms with Gasteiger partial charge in [0.25, 0.3) is 0 Å². The van der Waals surface area contributed by atoms with Crippen molar-refractivity contribution in [3.63, 3.8) is 0 Å². The van der Waals surface area contributed by atoms with Crippen molar-refractivity contribution < 1.29 is 4.79 Å². The van der Waals surface area contributed by atoms with Gasteiger partial charge in [0.2, 0.25) is 0 Å². The van der Waals surface area contributed by atoms with Crippen LogP contribution in [0.5, 0.6) is 0 Å². The Kier molecular flexibility index (Phi) is 4.20. The Bertz CT molecular complexity index is 391. The minimum Gasteiger partial charge on any atom is -0.313 e. The van der Waals surface area contributed by atoms with Crippen LogP contribution in [0, 0.1) is 0 Å². The largest absolute Gasteiger partial charge is 0.313 e. The van der Waals surface area contributed by atoms with E-state index in [-0.39, 0.29) is 11.8 Å². The molecule has 3 nitrogen and oxygen atoms in total. The first kappa shape index (κ1) is 12.6. The van der Waals surface area contributed by atoms with E-state index in [1.165, 1.54) is 4.90 Å². The van der Waals surface area contributed by atoms with Crippen LogP contribution in [0.2, 0.25) is 0 Å². The van der Waals surface area contributed by atoms with E-state index >= 15 is 0 Å². The van der Waals surface area contributed by atoms with Crippen molar-refractivity contribution in [3.05, 3.63) is 29.8 Å². The Balaban J connectivity index is 2.12. The lowest BCUT2D eigenvalue weighted by Crippen LogP contribution is -2.53. The molecular formula is C13H18N2OS. The van der Waals surface area contributed by atoms with Crippen molar-refractivity contribution in [3.8, 4) is 0 Å². The lowest BCUT2D eigenvalue weighted by atomic mass is 10.0. The highest BCUT2D eigenvalue weighted by Gasteiger charge is 2.26. The number of hydrogen-bond donors (Lipinski definition) is 1. The van der Waals surface area contributed by atoms with Gasteiger partial charge in [-0.3, -0.25) is 9.69 Å². The summed E-state index contributed by atoms with van der Waals surface area (Å²) in [4.78, 5) is 15.6. The van der Waals surface area contributed by atoms with E-state index in [0.717, 1.165) is 25.2 Å². The number of nitrogens with zero attached hydrogens (tertiary/aromatic N) is 1. The number of carbonyl (C=O) groups is 1. The lowest BCUT2D eigenvalue weighted by Gasteiger charge is -2.31. The molecule has 1 atom stereocenters. The fourth-order valence-corrected chi connectivity index (χ4v) is 2.45. The van der Waals surface area contributed by atoms with Crippen molar-refractivity contribution in [2.24, 2.45) is 0 Å². The fraction of sp³-hybridized carbons (Fsp3) is 0.462. The molecule has 1 aromatic rings. The number of likely N-dealkylation sites (N-methyl/N-ethyl adjacent to an activating group) is 1. The molecule has 17 heavy (non-hydrogen) atoms. The lowest BCUT2D eigenvalue weighted by molar-refractivity contribution is 0.0819. The SMILES string of the molecule is CSc1ccc(C(=O)C2CNCCN2C)cc1. The van der Waals surface area contributed by atoms with Gasteiger partial charge in [-0.15, -0.1) is 11.8 Å². The molecule has 0 aromatic heterocycles. The van der Waals surface area contributed by atoms with E-state index in [0.29, 0.717) is 0 Å². The van der Waals surface area contributed by atoms with Gasteiger partial charge in [0, 0.05) is 30.1 Å². The quantitative estimate of drug-likeness (QED) is 0.651. The zero-order chi connectivity index (χ0) is 12.3. The van der Waals surface area contributed by atoms with Crippen LogP contribution in [0.3, 0.4) is 0 Å². The zero-order valence-electron chi connectivity index (χ0n) is 10.3. The highest BCUT2D eigenvalue weighted by Crippen LogP contribution is 2.17. The van der Waals surface area contributed by atoms with Gasteiger partial charge >= 0.3 is 0 Å². The highest BCUT2D eigenvalue weighted by molar-refractivity contribution is 7.98. The third-order valence-corrected chi connectivity index (χ3v) is 3.93. The number of Topliss-reactive ketones (excluding diaryl/α,β-unsaturated/α-hetero) is 1. The van der Waals surface area contributed by atoms with Gasteiger partial charge < -0.3 is 5.32 Å². The monoisotopic (exact) mass is 250 g/mol. The molecule has 0 spiro atoms. The van der Waals surface area contributed by atoms with Crippen LogP contribution in [-0.2, 0) is 0 Å². The summed E-state index contributed by atoms with van der Waals surface area (Å²) in [6.45, 7) is 2.64. The summed E-state index contributed by atoms with van der Waals surface area (Å²) in [7, 11) is 2.01. The van der Waals surface area contributed by atoms with Gasteiger partial charge in [-0.05, 0) is 25.4 Å². The van der Waals surface area contributed by atoms with Gasteiger partial charge in [0.1, 0.15) is 0 Å². The fourth-order valence-electron chi connectivity index (χ4n) is 2.05. The molecule has 0 radical (unpaired) electrons. The summed E-state index contributed by atoms with van der Waals surface area (Å²) in [6, 6.07) is 7.85. The van der Waals surface area contributed by atoms with E-state index in [1.807, 2.05) is 37.6 Å². The molecule has 1 unspecified atom stereocenters. The van der Waals surface area contributed by atoms with Crippen molar-refractivity contribution in [1.29, 1.82) is 0 Å². The maximum absolute atomic E-state index is 12.3. The topological polar surface area (TPSA) is 32.3 Å². The highest BCUT2D eigenvalue weighted by atomic mass is 32.2. The number of benzene rings is 1. The molecule has 1 saturated heterocycles. The van der Waals surface area contributed by atoms with Crippen molar-refractivity contribution in [2.75, 3.05) is 32.9 Å². The van der Waals surface area contributed by atoms with Crippen LogP contribution < -0.4 is 5.32 Å². The molecule has 0 amide bonds. The summed E-state index contributed by atoms with van der Waals surface area (Å²) in [6.07, 6.45) is 2.04. The Morgan fingerprint density at radius 1 is 1.41 bits per heavy atom. The van der Waals surface area contributed by atoms with Crippen LogP contribution >= 0.6 is 11.8 Å². The first-order valence-corrected chi connectivity index (χ1v) is 7.04. The second-order valence-electron chi connectivity index (χ2n) is 4.29. The molecule has 1 aliphatic heterocycles. The number of ketones is 1. The Labute approximate surface area is 107 Å². The molecule has 92 valence electrons. The summed E-state index contributed by atoms with van der Waals surface area (Å²) in [5, 5.41) is 3.27. The van der Waals surface area contributed by atoms with Crippen molar-refractivity contribution in [2.45, 2.75) is 10.9 Å². The predicted molar refractivity (Wildman–Crippen MR) is 71.8 cm³/mol. The van der Waals surface area contributed by atoms with Gasteiger partial charge in [0.15, 0.2) is 5.78 Å². The van der Waals surface area contributed by atoms with Gasteiger partial charge in [0.05, 0.1) is 6.04 Å². The number of hydrogen-bond acceptors (Lipinski definition) is 4. The zero-order valence-corrected chi connectivity index (χ0v) is 11.1. The second kappa shape index (κ2) is 5.67. The first-order chi connectivity index (χ1) is 8.22. The summed E-state index contributed by atoms with van der Waals surface area (Å²) < 4.78 is 0. The summed E-state index contributed by atoms with van der Waals surface area (Å²) in [5.41, 5.74) is 0.809.